The molecule has 3 rings (SSSR count). The van der Waals surface area contributed by atoms with Crippen LogP contribution in [0.2, 0.25) is 5.02 Å². The first kappa shape index (κ1) is 20.5. The van der Waals surface area contributed by atoms with Crippen molar-refractivity contribution in [3.8, 4) is 5.75 Å². The fourth-order valence-electron chi connectivity index (χ4n) is 3.71. The molecule has 150 valence electrons. The van der Waals surface area contributed by atoms with Crippen LogP contribution in [0.5, 0.6) is 5.75 Å². The van der Waals surface area contributed by atoms with Crippen LogP contribution in [-0.4, -0.2) is 39.8 Å². The molecule has 6 nitrogen and oxygen atoms in total. The summed E-state index contributed by atoms with van der Waals surface area (Å²) in [6, 6.07) is 11.3. The molecule has 8 heteroatoms. The van der Waals surface area contributed by atoms with Gasteiger partial charge in [0.2, 0.25) is 10.0 Å². The lowest BCUT2D eigenvalue weighted by molar-refractivity contribution is -0.119. The molecule has 1 aliphatic rings. The second-order valence-corrected chi connectivity index (χ2v) is 9.24. The Morgan fingerprint density at radius 2 is 1.96 bits per heavy atom. The molecule has 0 aromatic heterocycles. The quantitative estimate of drug-likeness (QED) is 0.739. The number of anilines is 2. The van der Waals surface area contributed by atoms with Crippen LogP contribution in [0.3, 0.4) is 0 Å². The van der Waals surface area contributed by atoms with Crippen LogP contribution in [0, 0.1) is 0 Å². The molecular formula is C20H23ClN2O4S. The van der Waals surface area contributed by atoms with Gasteiger partial charge in [0.25, 0.3) is 5.91 Å². The van der Waals surface area contributed by atoms with Crippen molar-refractivity contribution in [1.29, 1.82) is 0 Å². The third-order valence-electron chi connectivity index (χ3n) is 4.89. The molecule has 0 spiro atoms. The van der Waals surface area contributed by atoms with Crippen LogP contribution in [0.25, 0.3) is 0 Å². The van der Waals surface area contributed by atoms with Gasteiger partial charge in [0.05, 0.1) is 19.1 Å². The van der Waals surface area contributed by atoms with Gasteiger partial charge in [-0.15, -0.1) is 0 Å². The fourth-order valence-corrected chi connectivity index (χ4v) is 5.04. The van der Waals surface area contributed by atoms with E-state index >= 15 is 0 Å². The van der Waals surface area contributed by atoms with Crippen LogP contribution in [0.1, 0.15) is 19.4 Å². The maximum absolute atomic E-state index is 13.4. The van der Waals surface area contributed by atoms with Crippen molar-refractivity contribution < 1.29 is 17.9 Å². The fraction of sp³-hybridized carbons (Fsp3) is 0.350. The maximum atomic E-state index is 13.4. The van der Waals surface area contributed by atoms with E-state index in [0.29, 0.717) is 10.8 Å². The van der Waals surface area contributed by atoms with E-state index in [9.17, 15) is 13.2 Å². The molecule has 0 fully saturated rings. The van der Waals surface area contributed by atoms with Crippen molar-refractivity contribution >= 4 is 38.9 Å². The summed E-state index contributed by atoms with van der Waals surface area (Å²) in [6.07, 6.45) is 1.80. The van der Waals surface area contributed by atoms with Crippen LogP contribution in [-0.2, 0) is 21.2 Å². The lowest BCUT2D eigenvalue weighted by Gasteiger charge is -2.33. The van der Waals surface area contributed by atoms with Crippen LogP contribution < -0.4 is 13.9 Å². The summed E-state index contributed by atoms with van der Waals surface area (Å²) in [6.45, 7) is 3.53. The smallest absolute Gasteiger partial charge is 0.250 e. The molecule has 1 aliphatic heterocycles. The summed E-state index contributed by atoms with van der Waals surface area (Å²) in [4.78, 5) is 15.1. The topological polar surface area (TPSA) is 66.9 Å². The molecule has 1 amide bonds. The van der Waals surface area contributed by atoms with Gasteiger partial charge in [0, 0.05) is 16.8 Å². The van der Waals surface area contributed by atoms with Crippen molar-refractivity contribution in [2.24, 2.45) is 0 Å². The lowest BCUT2D eigenvalue weighted by atomic mass is 10.1. The number of hydrogen-bond donors (Lipinski definition) is 0. The highest BCUT2D eigenvalue weighted by Gasteiger charge is 2.38. The molecule has 2 unspecified atom stereocenters. The first-order valence-corrected chi connectivity index (χ1v) is 11.1. The highest BCUT2D eigenvalue weighted by atomic mass is 35.5. The zero-order valence-electron chi connectivity index (χ0n) is 16.2. The summed E-state index contributed by atoms with van der Waals surface area (Å²) < 4.78 is 31.7. The van der Waals surface area contributed by atoms with Crippen LogP contribution in [0.15, 0.2) is 42.5 Å². The second-order valence-electron chi connectivity index (χ2n) is 6.94. The third-order valence-corrected chi connectivity index (χ3v) is 6.35. The molecule has 0 bridgehead atoms. The van der Waals surface area contributed by atoms with Crippen LogP contribution in [0.4, 0.5) is 11.4 Å². The summed E-state index contributed by atoms with van der Waals surface area (Å²) in [5.74, 6) is 0.0225. The van der Waals surface area contributed by atoms with Gasteiger partial charge in [-0.05, 0) is 50.1 Å². The van der Waals surface area contributed by atoms with Crippen LogP contribution >= 0.6 is 11.6 Å². The number of ether oxygens (including phenoxy) is 1. The molecule has 0 saturated carbocycles. The first-order valence-electron chi connectivity index (χ1n) is 8.89. The maximum Gasteiger partial charge on any atom is 0.250 e. The first-order chi connectivity index (χ1) is 13.1. The third kappa shape index (κ3) is 3.69. The predicted molar refractivity (Wildman–Crippen MR) is 112 cm³/mol. The van der Waals surface area contributed by atoms with Crippen molar-refractivity contribution in [2.45, 2.75) is 32.4 Å². The highest BCUT2D eigenvalue weighted by molar-refractivity contribution is 7.92. The molecule has 0 saturated heterocycles. The number of fused-ring (bicyclic) bond motifs is 1. The minimum Gasteiger partial charge on any atom is -0.495 e. The second kappa shape index (κ2) is 7.64. The van der Waals surface area contributed by atoms with Gasteiger partial charge in [-0.1, -0.05) is 29.8 Å². The Balaban J connectivity index is 2.06. The van der Waals surface area contributed by atoms with Gasteiger partial charge < -0.3 is 9.64 Å². The number of benzene rings is 2. The number of sulfonamides is 1. The summed E-state index contributed by atoms with van der Waals surface area (Å²) in [5.41, 5.74) is 2.12. The van der Waals surface area contributed by atoms with E-state index in [1.165, 1.54) is 13.2 Å². The number of amides is 1. The number of nitrogens with zero attached hydrogens (tertiary/aromatic N) is 2. The molecule has 1 heterocycles. The minimum absolute atomic E-state index is 0.0602. The molecule has 0 aliphatic carbocycles. The number of carbonyl (C=O) groups is 1. The lowest BCUT2D eigenvalue weighted by Crippen LogP contribution is -2.51. The van der Waals surface area contributed by atoms with E-state index in [4.69, 9.17) is 16.3 Å². The Bertz CT molecular complexity index is 1010. The van der Waals surface area contributed by atoms with Gasteiger partial charge in [-0.2, -0.15) is 0 Å². The zero-order chi connectivity index (χ0) is 20.6. The van der Waals surface area contributed by atoms with Gasteiger partial charge in [0.15, 0.2) is 0 Å². The number of para-hydroxylation sites is 1. The zero-order valence-corrected chi connectivity index (χ0v) is 17.8. The van der Waals surface area contributed by atoms with Crippen molar-refractivity contribution in [2.75, 3.05) is 22.6 Å². The van der Waals surface area contributed by atoms with Gasteiger partial charge >= 0.3 is 0 Å². The molecular weight excluding hydrogens is 400 g/mol. The monoisotopic (exact) mass is 422 g/mol. The Morgan fingerprint density at radius 1 is 1.29 bits per heavy atom. The average Bonchev–Trinajstić information content (AvgIpc) is 2.96. The number of rotatable bonds is 5. The van der Waals surface area contributed by atoms with Crippen molar-refractivity contribution in [1.82, 2.24) is 0 Å². The number of hydrogen-bond acceptors (Lipinski definition) is 4. The molecule has 2 atom stereocenters. The molecule has 2 aromatic carbocycles. The van der Waals surface area contributed by atoms with E-state index in [1.54, 1.807) is 24.0 Å². The van der Waals surface area contributed by atoms with E-state index in [-0.39, 0.29) is 17.6 Å². The number of halogens is 1. The van der Waals surface area contributed by atoms with Crippen molar-refractivity contribution in [3.63, 3.8) is 0 Å². The Morgan fingerprint density at radius 3 is 2.61 bits per heavy atom. The average molecular weight is 423 g/mol. The highest BCUT2D eigenvalue weighted by Crippen LogP contribution is 2.37. The minimum atomic E-state index is -3.79. The van der Waals surface area contributed by atoms with E-state index in [2.05, 4.69) is 0 Å². The standard InChI is InChI=1S/C20H23ClN2O4S/c1-13-11-15-7-5-6-8-17(15)22(13)20(24)14(2)23(28(4,25)26)18-12-16(21)9-10-19(18)27-3/h5-10,12-14H,11H2,1-4H3. The van der Waals surface area contributed by atoms with E-state index in [1.807, 2.05) is 31.2 Å². The molecule has 0 N–H and O–H groups in total. The Hall–Kier alpha value is -2.25. The predicted octanol–water partition coefficient (Wildman–Crippen LogP) is 3.48. The largest absolute Gasteiger partial charge is 0.495 e. The van der Waals surface area contributed by atoms with E-state index < -0.39 is 16.1 Å². The summed E-state index contributed by atoms with van der Waals surface area (Å²) in [5, 5.41) is 0.351. The SMILES string of the molecule is COc1ccc(Cl)cc1N(C(C)C(=O)N1c2ccccc2CC1C)S(C)(=O)=O. The Labute approximate surface area is 170 Å². The molecule has 0 radical (unpaired) electrons. The number of methoxy groups -OCH3 is 1. The normalized spacial score (nSPS) is 17.2. The van der Waals surface area contributed by atoms with E-state index in [0.717, 1.165) is 28.2 Å². The Kier molecular flexibility index (Phi) is 5.59. The summed E-state index contributed by atoms with van der Waals surface area (Å²) in [7, 11) is -2.35. The summed E-state index contributed by atoms with van der Waals surface area (Å²) >= 11 is 6.10. The number of carbonyl (C=O) groups excluding carboxylic acids is 1. The van der Waals surface area contributed by atoms with Gasteiger partial charge in [0.1, 0.15) is 11.8 Å². The van der Waals surface area contributed by atoms with Gasteiger partial charge in [-0.25, -0.2) is 8.42 Å². The van der Waals surface area contributed by atoms with Gasteiger partial charge in [-0.3, -0.25) is 9.10 Å². The van der Waals surface area contributed by atoms with Crippen molar-refractivity contribution in [3.05, 3.63) is 53.1 Å². The molecule has 28 heavy (non-hydrogen) atoms. The molecule has 2 aromatic rings.